The molecule has 0 saturated heterocycles. The summed E-state index contributed by atoms with van der Waals surface area (Å²) >= 11 is 0. The van der Waals surface area contributed by atoms with E-state index in [2.05, 4.69) is 40.1 Å². The largest absolute Gasteiger partial charge is 1.00 e. The first-order chi connectivity index (χ1) is 27.4. The highest BCUT2D eigenvalue weighted by molar-refractivity contribution is 5.91. The third-order valence-electron chi connectivity index (χ3n) is 16.5. The number of quaternary nitrogens is 1. The van der Waals surface area contributed by atoms with E-state index in [-0.39, 0.29) is 47.3 Å². The number of unbranched alkanes of at least 4 members (excludes halogenated alkanes) is 22. The average molecular weight is 834 g/mol. The number of amides is 1. The van der Waals surface area contributed by atoms with Gasteiger partial charge in [0.2, 0.25) is 0 Å². The van der Waals surface area contributed by atoms with Gasteiger partial charge >= 0.3 is 0 Å². The van der Waals surface area contributed by atoms with Gasteiger partial charge in [-0.05, 0) is 93.5 Å². The molecule has 4 rings (SSSR count). The van der Waals surface area contributed by atoms with Gasteiger partial charge in [0.1, 0.15) is 5.60 Å². The number of hydrogen-bond donors (Lipinski definition) is 3. The molecule has 3 saturated carbocycles. The molecular formula is C51H93ClN2O4. The van der Waals surface area contributed by atoms with Gasteiger partial charge in [0.25, 0.3) is 5.91 Å². The molecule has 7 heteroatoms. The number of likely N-dealkylation sites (N-methyl/N-ethyl adjacent to an activating group) is 1. The smallest absolute Gasteiger partial charge is 0.252 e. The number of halogens is 1. The lowest BCUT2D eigenvalue weighted by molar-refractivity contribution is -0.908. The Morgan fingerprint density at radius 2 is 1.17 bits per heavy atom. The number of aliphatic hydroxyl groups is 2. The average Bonchev–Trinajstić information content (AvgIpc) is 3.46. The summed E-state index contributed by atoms with van der Waals surface area (Å²) in [7, 11) is 2.41. The Morgan fingerprint density at radius 3 is 1.66 bits per heavy atom. The molecule has 6 nitrogen and oxygen atoms in total. The Hall–Kier alpha value is -0.950. The van der Waals surface area contributed by atoms with Crippen LogP contribution in [-0.2, 0) is 9.59 Å². The van der Waals surface area contributed by atoms with Gasteiger partial charge < -0.3 is 32.4 Å². The normalized spacial score (nSPS) is 29.3. The minimum atomic E-state index is -1.46. The van der Waals surface area contributed by atoms with E-state index in [4.69, 9.17) is 0 Å². The maximum Gasteiger partial charge on any atom is 0.252 e. The lowest BCUT2D eigenvalue weighted by Gasteiger charge is -2.60. The second kappa shape index (κ2) is 25.9. The first-order valence-corrected chi connectivity index (χ1v) is 25.2. The zero-order valence-electron chi connectivity index (χ0n) is 38.7. The molecule has 0 aromatic heterocycles. The molecule has 0 aromatic carbocycles. The second-order valence-electron chi connectivity index (χ2n) is 20.8. The first kappa shape index (κ1) is 51.4. The fourth-order valence-corrected chi connectivity index (χ4v) is 12.7. The van der Waals surface area contributed by atoms with Crippen LogP contribution < -0.4 is 17.7 Å². The van der Waals surface area contributed by atoms with Gasteiger partial charge in [-0.3, -0.25) is 9.59 Å². The molecule has 4 aliphatic carbocycles. The number of nitrogens with zero attached hydrogens (tertiary/aromatic N) is 1. The van der Waals surface area contributed by atoms with E-state index in [0.717, 1.165) is 49.8 Å². The van der Waals surface area contributed by atoms with Gasteiger partial charge in [0, 0.05) is 11.8 Å². The van der Waals surface area contributed by atoms with Crippen LogP contribution in [0.4, 0.5) is 0 Å². The summed E-state index contributed by atoms with van der Waals surface area (Å²) in [5.41, 5.74) is -1.05. The molecule has 58 heavy (non-hydrogen) atoms. The van der Waals surface area contributed by atoms with Crippen LogP contribution in [0, 0.1) is 28.6 Å². The van der Waals surface area contributed by atoms with Crippen LogP contribution >= 0.6 is 0 Å². The van der Waals surface area contributed by atoms with Crippen LogP contribution in [0.5, 0.6) is 0 Å². The molecule has 3 fully saturated rings. The quantitative estimate of drug-likeness (QED) is 0.0498. The summed E-state index contributed by atoms with van der Waals surface area (Å²) in [5.74, 6) is 0.567. The van der Waals surface area contributed by atoms with Crippen LogP contribution in [0.2, 0.25) is 0 Å². The molecular weight excluding hydrogens is 740 g/mol. The van der Waals surface area contributed by atoms with Crippen LogP contribution in [0.25, 0.3) is 0 Å². The highest BCUT2D eigenvalue weighted by Crippen LogP contribution is 2.67. The van der Waals surface area contributed by atoms with Crippen molar-refractivity contribution in [1.82, 2.24) is 5.32 Å². The lowest BCUT2D eigenvalue weighted by atomic mass is 9.45. The number of fused-ring (bicyclic) bond motifs is 5. The summed E-state index contributed by atoms with van der Waals surface area (Å²) in [6.07, 6.45) is 38.9. The van der Waals surface area contributed by atoms with Gasteiger partial charge in [-0.1, -0.05) is 162 Å². The molecule has 0 aromatic rings. The number of carbonyl (C=O) groups excluding carboxylic acids is 2. The molecule has 0 unspecified atom stereocenters. The molecule has 0 spiro atoms. The van der Waals surface area contributed by atoms with Crippen molar-refractivity contribution in [2.75, 3.05) is 33.2 Å². The molecule has 0 radical (unpaired) electrons. The standard InChI is InChI=1S/C51H92N2O4.ClH/c1-6-8-10-12-14-16-18-20-22-24-26-28-37-53(5,38-29-27-25-23-21-19-17-15-13-11-9-7-2)39-36-52-48(56)51(57)35-33-45-44-31-30-42-40-43(54)32-34-49(42,3)47(44)46(55)41-50(45,51)4;/h40,44-47,55,57H,6-39,41H2,1-5H3;1H/t44-,45-,46-,47+,49-,50-,51-;/m0./s1. The number of nitrogens with one attached hydrogen (secondary N) is 1. The lowest BCUT2D eigenvalue weighted by Crippen LogP contribution is -3.00. The van der Waals surface area contributed by atoms with E-state index in [1.165, 1.54) is 160 Å². The SMILES string of the molecule is CCCCCCCCCCCCCC[N+](C)(CCCCCCCCCCCCCC)CCNC(=O)[C@@]1(O)CC[C@H]2[C@@H]3CCC4=CC(=O)CC[C@]4(C)[C@H]3[C@@H](O)C[C@@]21C.[Cl-]. The molecule has 7 atom stereocenters. The zero-order valence-corrected chi connectivity index (χ0v) is 39.4. The topological polar surface area (TPSA) is 86.6 Å². The maximum absolute atomic E-state index is 14.2. The van der Waals surface area contributed by atoms with Crippen molar-refractivity contribution >= 4 is 11.7 Å². The second-order valence-corrected chi connectivity index (χ2v) is 20.8. The van der Waals surface area contributed by atoms with Gasteiger partial charge in [-0.15, -0.1) is 0 Å². The molecule has 4 aliphatic rings. The van der Waals surface area contributed by atoms with E-state index in [0.29, 0.717) is 25.8 Å². The van der Waals surface area contributed by atoms with Crippen molar-refractivity contribution in [1.29, 1.82) is 0 Å². The highest BCUT2D eigenvalue weighted by atomic mass is 35.5. The van der Waals surface area contributed by atoms with E-state index in [9.17, 15) is 19.8 Å². The molecule has 338 valence electrons. The maximum atomic E-state index is 14.2. The van der Waals surface area contributed by atoms with Crippen molar-refractivity contribution in [3.63, 3.8) is 0 Å². The Labute approximate surface area is 364 Å². The molecule has 3 N–H and O–H groups in total. The van der Waals surface area contributed by atoms with Crippen molar-refractivity contribution in [2.45, 2.75) is 238 Å². The van der Waals surface area contributed by atoms with E-state index in [1.807, 2.05) is 6.08 Å². The Morgan fingerprint density at radius 1 is 0.707 bits per heavy atom. The van der Waals surface area contributed by atoms with Crippen LogP contribution in [0.1, 0.15) is 227 Å². The van der Waals surface area contributed by atoms with E-state index >= 15 is 0 Å². The van der Waals surface area contributed by atoms with Gasteiger partial charge in [-0.2, -0.15) is 0 Å². The summed E-state index contributed by atoms with van der Waals surface area (Å²) in [6.45, 7) is 12.8. The minimum absolute atomic E-state index is 0. The van der Waals surface area contributed by atoms with Gasteiger partial charge in [0.15, 0.2) is 5.78 Å². The summed E-state index contributed by atoms with van der Waals surface area (Å²) in [6, 6.07) is 0. The van der Waals surface area contributed by atoms with Crippen LogP contribution in [0.15, 0.2) is 11.6 Å². The van der Waals surface area contributed by atoms with Crippen molar-refractivity contribution in [2.24, 2.45) is 28.6 Å². The molecule has 0 bridgehead atoms. The number of allylic oxidation sites excluding steroid dienone is 1. The van der Waals surface area contributed by atoms with E-state index < -0.39 is 17.1 Å². The number of ketones is 1. The summed E-state index contributed by atoms with van der Waals surface area (Å²) in [4.78, 5) is 26.5. The molecule has 0 aliphatic heterocycles. The monoisotopic (exact) mass is 833 g/mol. The van der Waals surface area contributed by atoms with Crippen molar-refractivity contribution < 1.29 is 36.7 Å². The minimum Gasteiger partial charge on any atom is -1.00 e. The predicted octanol–water partition coefficient (Wildman–Crippen LogP) is 9.19. The number of rotatable bonds is 30. The fourth-order valence-electron chi connectivity index (χ4n) is 12.7. The van der Waals surface area contributed by atoms with Crippen molar-refractivity contribution in [3.8, 4) is 0 Å². The third kappa shape index (κ3) is 14.0. The molecule has 0 heterocycles. The highest BCUT2D eigenvalue weighted by Gasteiger charge is 2.68. The van der Waals surface area contributed by atoms with Crippen molar-refractivity contribution in [3.05, 3.63) is 11.6 Å². The first-order valence-electron chi connectivity index (χ1n) is 25.2. The zero-order chi connectivity index (χ0) is 41.2. The third-order valence-corrected chi connectivity index (χ3v) is 16.5. The summed E-state index contributed by atoms with van der Waals surface area (Å²) < 4.78 is 0.994. The number of carbonyl (C=O) groups is 2. The Bertz CT molecular complexity index is 1200. The summed E-state index contributed by atoms with van der Waals surface area (Å²) in [5, 5.41) is 27.5. The fraction of sp³-hybridized carbons (Fsp3) is 0.922. The number of hydrogen-bond acceptors (Lipinski definition) is 4. The van der Waals surface area contributed by atoms with Crippen LogP contribution in [-0.4, -0.2) is 71.3 Å². The van der Waals surface area contributed by atoms with Gasteiger partial charge in [-0.25, -0.2) is 0 Å². The Balaban J connectivity index is 0.00000900. The van der Waals surface area contributed by atoms with E-state index in [1.54, 1.807) is 0 Å². The Kier molecular flexibility index (Phi) is 22.9. The van der Waals surface area contributed by atoms with Crippen LogP contribution in [0.3, 0.4) is 0 Å². The number of aliphatic hydroxyl groups excluding tert-OH is 1. The molecule has 1 amide bonds. The van der Waals surface area contributed by atoms with Gasteiger partial charge in [0.05, 0.1) is 39.3 Å². The predicted molar refractivity (Wildman–Crippen MR) is 239 cm³/mol.